The summed E-state index contributed by atoms with van der Waals surface area (Å²) in [4.78, 5) is 56.2. The van der Waals surface area contributed by atoms with E-state index in [9.17, 15) is 27.4 Å². The molecule has 0 aromatic heterocycles. The highest BCUT2D eigenvalue weighted by Gasteiger charge is 2.47. The predicted octanol–water partition coefficient (Wildman–Crippen LogP) is 14.3. The monoisotopic (exact) mass is 1700 g/mol. The Hall–Kier alpha value is -7.16. The van der Waals surface area contributed by atoms with Crippen LogP contribution in [0.25, 0.3) is 0 Å². The molecule has 8 heterocycles. The molecule has 4 fully saturated rings. The molecule has 4 aromatic rings. The minimum Gasteiger partial charge on any atom is -0.493 e. The molecular formula is C96H152N8O16. The number of hydrogen-bond acceptors (Lipinski definition) is 24. The summed E-state index contributed by atoms with van der Waals surface area (Å²) < 4.78 is 308. The van der Waals surface area contributed by atoms with E-state index in [1.54, 1.807) is 47.6 Å². The molecule has 24 heteroatoms. The number of methoxy groups -OCH3 is 8. The number of ether oxygens (including phenoxy) is 12. The van der Waals surface area contributed by atoms with Crippen molar-refractivity contribution in [3.8, 4) is 46.0 Å². The number of hydrogen-bond donors (Lipinski definition) is 4. The van der Waals surface area contributed by atoms with Gasteiger partial charge in [0.05, 0.1) is 73.2 Å². The largest absolute Gasteiger partial charge is 0.493 e. The van der Waals surface area contributed by atoms with Crippen molar-refractivity contribution >= 4 is 23.9 Å². The number of fused-ring (bicyclic) bond motifs is 12. The highest BCUT2D eigenvalue weighted by atomic mass is 16.6. The standard InChI is InChI=1S/4C24H38N2O4/c4*1-14(2)9-17-13-26-8-7-16-10-21(28-5)22(29-6)11-18(16)19(26)12-20(17)30-24(27)23(25)15(3)4/h4*10-11,14-15,17,19-20,23H,7-9,12-13,25H2,1-6H3/t4*17?,19?,20?,23-/m0000/s1/i5D3,7D2,8D2,19D,20D;7D2,8D2,19D,20D;5D3,7D2,8D2,19D;7D2,8D2,19D. The number of benzene rings is 4. The van der Waals surface area contributed by atoms with Crippen LogP contribution >= 0.6 is 0 Å². The number of nitrogens with two attached hydrogens (primary N) is 4. The van der Waals surface area contributed by atoms with Gasteiger partial charge in [-0.3, -0.25) is 38.8 Å². The molecule has 8 aliphatic rings. The van der Waals surface area contributed by atoms with Gasteiger partial charge in [0.1, 0.15) is 48.5 Å². The van der Waals surface area contributed by atoms with E-state index in [4.69, 9.17) is 110 Å². The fourth-order valence-corrected chi connectivity index (χ4v) is 15.9. The third-order valence-electron chi connectivity index (χ3n) is 22.8. The van der Waals surface area contributed by atoms with Crippen molar-refractivity contribution in [2.45, 2.75) is 260 Å². The lowest BCUT2D eigenvalue weighted by molar-refractivity contribution is -0.161. The van der Waals surface area contributed by atoms with Crippen LogP contribution in [-0.4, -0.2) is 201 Å². The highest BCUT2D eigenvalue weighted by molar-refractivity contribution is 5.77. The number of aryl methyl sites for hydroxylation is 4. The lowest BCUT2D eigenvalue weighted by Crippen LogP contribution is -2.51. The van der Waals surface area contributed by atoms with Crippen molar-refractivity contribution in [1.29, 1.82) is 0 Å². The SMILES string of the molecule is [2H]C([2H])([2H])Oc1cc2c(cc1OC)C1([2H])CC(OC(=O)[C@@H](N)C(C)C)C(CC(C)C)CN1C([2H])([2H])C2([2H])[2H].[2H]C([2H])([2H])Oc1cc2c(cc1OC)C1([2H])CC([2H])(OC(=O)[C@@H](N)C(C)C)C(CC(C)C)CN1C([2H])([2H])C2([2H])[2H].[2H]C1(OC(=O)[C@@H](N)C(C)C)CC2([2H])c3cc(OC)c(OC)cc3C([2H])([2H])C([2H])([2H])N2CC1CC(C)C.[2H]C12CC(OC(=O)[C@@H](N)C(C)C)C(CC(C)C)CN1C([2H])([2H])C([2H])([2H])c1cc(OC)c(OC)cc12. The Labute approximate surface area is 758 Å². The van der Waals surface area contributed by atoms with Gasteiger partial charge < -0.3 is 79.8 Å². The van der Waals surface area contributed by atoms with Gasteiger partial charge in [0.25, 0.3) is 0 Å². The fourth-order valence-electron chi connectivity index (χ4n) is 15.9. The van der Waals surface area contributed by atoms with E-state index in [2.05, 4.69) is 0 Å². The lowest BCUT2D eigenvalue weighted by Gasteiger charge is -2.47. The Bertz CT molecular complexity index is 5400. The summed E-state index contributed by atoms with van der Waals surface area (Å²) in [6.07, 6.45) is -14.8. The lowest BCUT2D eigenvalue weighted by atomic mass is 9.79. The average Bonchev–Trinajstić information content (AvgIpc) is 0.725. The highest BCUT2D eigenvalue weighted by Crippen LogP contribution is 2.50. The number of rotatable bonds is 28. The van der Waals surface area contributed by atoms with Crippen molar-refractivity contribution in [2.75, 3.05) is 109 Å². The van der Waals surface area contributed by atoms with E-state index < -0.39 is 187 Å². The van der Waals surface area contributed by atoms with Gasteiger partial charge >= 0.3 is 23.9 Å². The third-order valence-corrected chi connectivity index (χ3v) is 22.8. The van der Waals surface area contributed by atoms with Crippen molar-refractivity contribution in [2.24, 2.45) is 93.9 Å². The summed E-state index contributed by atoms with van der Waals surface area (Å²) in [6.45, 7) is 19.1. The van der Waals surface area contributed by atoms with Crippen LogP contribution in [-0.2, 0) is 63.6 Å². The van der Waals surface area contributed by atoms with E-state index in [1.165, 1.54) is 87.7 Å². The second kappa shape index (κ2) is 43.9. The number of nitrogens with zero attached hydrogens (tertiary/aromatic N) is 4. The summed E-state index contributed by atoms with van der Waals surface area (Å²) >= 11 is 0. The summed E-state index contributed by atoms with van der Waals surface area (Å²) in [5.41, 5.74) is 24.0. The van der Waals surface area contributed by atoms with Gasteiger partial charge in [-0.1, -0.05) is 111 Å². The topological polar surface area (TPSA) is 296 Å². The van der Waals surface area contributed by atoms with Crippen LogP contribution in [0, 0.1) is 71.0 Å². The van der Waals surface area contributed by atoms with Gasteiger partial charge in [-0.05, 0) is 192 Å². The first kappa shape index (κ1) is 63.7. The molecule has 0 spiro atoms. The molecule has 0 amide bonds. The second-order valence-electron chi connectivity index (χ2n) is 35.0. The Morgan fingerprint density at radius 1 is 0.342 bits per heavy atom. The Kier molecular flexibility index (Phi) is 23.3. The van der Waals surface area contributed by atoms with Crippen LogP contribution in [0.15, 0.2) is 48.5 Å². The normalized spacial score (nSPS) is 35.6. The maximum atomic E-state index is 12.9. The molecule has 4 aromatic carbocycles. The smallest absolute Gasteiger partial charge is 0.323 e. The van der Waals surface area contributed by atoms with Crippen LogP contribution in [0.4, 0.5) is 0 Å². The summed E-state index contributed by atoms with van der Waals surface area (Å²) in [6, 6.07) is -0.737. The molecule has 672 valence electrons. The van der Waals surface area contributed by atoms with Gasteiger partial charge in [-0.2, -0.15) is 0 Å². The Morgan fingerprint density at radius 3 is 0.792 bits per heavy atom. The van der Waals surface area contributed by atoms with E-state index in [1.807, 2.05) is 69.2 Å². The van der Waals surface area contributed by atoms with Gasteiger partial charge in [0.15, 0.2) is 46.0 Å². The molecule has 12 rings (SSSR count). The molecule has 24 nitrogen and oxygen atoms in total. The van der Waals surface area contributed by atoms with Crippen molar-refractivity contribution in [3.63, 3.8) is 0 Å². The minimum atomic E-state index is -2.90. The number of carbonyl (C=O) groups is 4. The zero-order chi connectivity index (χ0) is 113. The van der Waals surface area contributed by atoms with Gasteiger partial charge in [-0.15, -0.1) is 0 Å². The fraction of sp³-hybridized carbons (Fsp3) is 0.708. The van der Waals surface area contributed by atoms with Crippen LogP contribution in [0.2, 0.25) is 0 Å². The van der Waals surface area contributed by atoms with Crippen molar-refractivity contribution in [3.05, 3.63) is 93.0 Å². The zero-order valence-corrected chi connectivity index (χ0v) is 74.1. The Balaban J connectivity index is 0.000000219. The van der Waals surface area contributed by atoms with E-state index in [0.29, 0.717) is 31.4 Å². The summed E-state index contributed by atoms with van der Waals surface area (Å²) in [5, 5.41) is 0. The number of piperidine rings is 4. The van der Waals surface area contributed by atoms with Gasteiger partial charge in [0.2, 0.25) is 0 Å². The molecule has 0 saturated carbocycles. The first-order valence-electron chi connectivity index (χ1n) is 55.8. The van der Waals surface area contributed by atoms with Gasteiger partial charge in [0, 0.05) is 148 Å². The molecule has 8 aliphatic heterocycles. The van der Waals surface area contributed by atoms with E-state index in [0.717, 1.165) is 17.0 Å². The Morgan fingerprint density at radius 2 is 0.558 bits per heavy atom. The zero-order valence-electron chi connectivity index (χ0n) is 102. The van der Waals surface area contributed by atoms with Crippen LogP contribution in [0.3, 0.4) is 0 Å². The molecule has 4 saturated heterocycles. The molecule has 0 radical (unpaired) electrons. The molecule has 0 aliphatic carbocycles. The van der Waals surface area contributed by atoms with Crippen molar-refractivity contribution in [1.82, 2.24) is 19.6 Å². The van der Waals surface area contributed by atoms with E-state index >= 15 is 0 Å². The van der Waals surface area contributed by atoms with Gasteiger partial charge in [-0.25, -0.2) is 0 Å². The third kappa shape index (κ3) is 23.8. The molecule has 8 N–H and O–H groups in total. The van der Waals surface area contributed by atoms with Crippen LogP contribution in [0.5, 0.6) is 46.0 Å². The quantitative estimate of drug-likeness (QED) is 0.0303. The molecular weight excluding hydrogens is 1520 g/mol. The predicted molar refractivity (Wildman–Crippen MR) is 471 cm³/mol. The maximum absolute atomic E-state index is 12.9. The van der Waals surface area contributed by atoms with Crippen LogP contribution < -0.4 is 60.8 Å². The number of carbonyl (C=O) groups excluding carboxylic acids is 4. The first-order chi connectivity index (χ1) is 67.4. The average molecular weight is 1700 g/mol. The molecule has 0 bridgehead atoms. The minimum absolute atomic E-state index is 0.0230. The summed E-state index contributed by atoms with van der Waals surface area (Å²) in [7, 11) is 2.45. The van der Waals surface area contributed by atoms with E-state index in [-0.39, 0.29) is 183 Å². The second-order valence-corrected chi connectivity index (χ2v) is 35.0. The number of esters is 4. The maximum Gasteiger partial charge on any atom is 0.323 e. The molecule has 12 unspecified atom stereocenters. The van der Waals surface area contributed by atoms with Crippen molar-refractivity contribution < 1.29 is 114 Å². The molecule has 120 heavy (non-hydrogen) atoms. The first-order valence-corrected chi connectivity index (χ1v) is 41.8. The molecule has 16 atom stereocenters. The van der Waals surface area contributed by atoms with Crippen LogP contribution in [0.1, 0.15) is 269 Å². The summed E-state index contributed by atoms with van der Waals surface area (Å²) in [5.74, 6) is -4.83.